The van der Waals surface area contributed by atoms with Gasteiger partial charge in [-0.15, -0.1) is 0 Å². The summed E-state index contributed by atoms with van der Waals surface area (Å²) in [5.41, 5.74) is 1.04. The summed E-state index contributed by atoms with van der Waals surface area (Å²) in [6.07, 6.45) is -1.98. The summed E-state index contributed by atoms with van der Waals surface area (Å²) < 4.78 is 48.2. The molecule has 0 aliphatic heterocycles. The molecule has 1 heterocycles. The van der Waals surface area contributed by atoms with Gasteiger partial charge >= 0.3 is 6.09 Å². The summed E-state index contributed by atoms with van der Waals surface area (Å²) in [6, 6.07) is 12.2. The summed E-state index contributed by atoms with van der Waals surface area (Å²) in [5.74, 6) is 0. The van der Waals surface area contributed by atoms with Gasteiger partial charge in [-0.1, -0.05) is 24.3 Å². The number of halogens is 2. The van der Waals surface area contributed by atoms with E-state index in [1.54, 1.807) is 57.2 Å². The monoisotopic (exact) mass is 508 g/mol. The number of carbonyl (C=O) groups excluding carboxylic acids is 1. The van der Waals surface area contributed by atoms with Gasteiger partial charge in [-0.2, -0.15) is 0 Å². The molecule has 0 fully saturated rings. The minimum absolute atomic E-state index is 0.0645. The Hall–Kier alpha value is -2.39. The highest BCUT2D eigenvalue weighted by Gasteiger charge is 2.37. The molecule has 1 N–H and O–H groups in total. The second kappa shape index (κ2) is 7.63. The number of nitrogens with zero attached hydrogens (tertiary/aromatic N) is 1. The first-order chi connectivity index (χ1) is 14.5. The number of alkyl carbamates (subject to hydrolysis) is 1. The van der Waals surface area contributed by atoms with Gasteiger partial charge in [0.2, 0.25) is 0 Å². The molecular weight excluding hydrogens is 487 g/mol. The number of aromatic nitrogens is 1. The van der Waals surface area contributed by atoms with Gasteiger partial charge in [-0.3, -0.25) is 0 Å². The van der Waals surface area contributed by atoms with Crippen LogP contribution in [0.5, 0.6) is 0 Å². The molecule has 164 valence electrons. The Bertz CT molecular complexity index is 1270. The first-order valence-corrected chi connectivity index (χ1v) is 12.0. The molecule has 3 aromatic rings. The summed E-state index contributed by atoms with van der Waals surface area (Å²) in [6.45, 7) is 5.21. The minimum Gasteiger partial charge on any atom is -0.444 e. The standard InChI is InChI=1S/C22H22BrFN2O4S/c1-22(2,3)30-21(27)25-20-14-9-10-18-16(15(14)11-17(20)24)12-19(23)26(18)31(28,29)13-7-5-4-6-8-13/h4-10,12,17,20H,11H2,1-3H3,(H,25,27)/t17-,20+/m1/s1. The Kier molecular flexibility index (Phi) is 5.37. The fourth-order valence-electron chi connectivity index (χ4n) is 3.87. The van der Waals surface area contributed by atoms with Gasteiger partial charge in [-0.05, 0) is 72.1 Å². The molecular formula is C22H22BrFN2O4S. The second-order valence-electron chi connectivity index (χ2n) is 8.46. The number of hydrogen-bond donors (Lipinski definition) is 1. The highest BCUT2D eigenvalue weighted by molar-refractivity contribution is 9.10. The van der Waals surface area contributed by atoms with Crippen LogP contribution in [0, 0.1) is 0 Å². The Labute approximate surface area is 188 Å². The van der Waals surface area contributed by atoms with Crippen molar-refractivity contribution in [3.05, 3.63) is 64.3 Å². The van der Waals surface area contributed by atoms with Crippen molar-refractivity contribution in [3.63, 3.8) is 0 Å². The first-order valence-electron chi connectivity index (χ1n) is 9.76. The van der Waals surface area contributed by atoms with E-state index in [9.17, 15) is 17.6 Å². The van der Waals surface area contributed by atoms with E-state index in [2.05, 4.69) is 21.2 Å². The lowest BCUT2D eigenvalue weighted by Crippen LogP contribution is -2.37. The van der Waals surface area contributed by atoms with Crippen molar-refractivity contribution < 1.29 is 22.3 Å². The molecule has 2 atom stereocenters. The molecule has 4 rings (SSSR count). The number of alkyl halides is 1. The largest absolute Gasteiger partial charge is 0.444 e. The van der Waals surface area contributed by atoms with Crippen LogP contribution in [-0.4, -0.2) is 30.3 Å². The minimum atomic E-state index is -3.85. The molecule has 0 unspecified atom stereocenters. The molecule has 1 amide bonds. The Balaban J connectivity index is 1.77. The van der Waals surface area contributed by atoms with E-state index in [4.69, 9.17) is 4.74 Å². The van der Waals surface area contributed by atoms with Crippen LogP contribution >= 0.6 is 15.9 Å². The van der Waals surface area contributed by atoms with E-state index in [0.29, 0.717) is 26.6 Å². The summed E-state index contributed by atoms with van der Waals surface area (Å²) in [5, 5.41) is 3.24. The average molecular weight is 509 g/mol. The highest BCUT2D eigenvalue weighted by Crippen LogP contribution is 2.41. The number of rotatable bonds is 3. The van der Waals surface area contributed by atoms with Crippen LogP contribution in [-0.2, 0) is 21.2 Å². The number of benzene rings is 2. The molecule has 31 heavy (non-hydrogen) atoms. The van der Waals surface area contributed by atoms with E-state index in [0.717, 1.165) is 0 Å². The smallest absolute Gasteiger partial charge is 0.408 e. The summed E-state index contributed by atoms with van der Waals surface area (Å²) in [7, 11) is -3.85. The van der Waals surface area contributed by atoms with Crippen molar-refractivity contribution in [3.8, 4) is 0 Å². The van der Waals surface area contributed by atoms with E-state index >= 15 is 0 Å². The van der Waals surface area contributed by atoms with Crippen LogP contribution in [0.1, 0.15) is 37.9 Å². The van der Waals surface area contributed by atoms with Gasteiger partial charge in [-0.25, -0.2) is 21.6 Å². The van der Waals surface area contributed by atoms with Gasteiger partial charge in [0.05, 0.1) is 16.5 Å². The molecule has 0 bridgehead atoms. The molecule has 0 spiro atoms. The van der Waals surface area contributed by atoms with Gasteiger partial charge in [0.15, 0.2) is 0 Å². The van der Waals surface area contributed by atoms with Crippen LogP contribution < -0.4 is 5.32 Å². The third-order valence-electron chi connectivity index (χ3n) is 5.10. The van der Waals surface area contributed by atoms with E-state index in [1.807, 2.05) is 0 Å². The van der Waals surface area contributed by atoms with E-state index in [-0.39, 0.29) is 11.3 Å². The SMILES string of the molecule is CC(C)(C)OC(=O)N[C@H]1c2ccc3c(cc(Br)n3S(=O)(=O)c3ccccc3)c2C[C@H]1F. The third-order valence-corrected chi connectivity index (χ3v) is 7.66. The topological polar surface area (TPSA) is 77.4 Å². The summed E-state index contributed by atoms with van der Waals surface area (Å²) >= 11 is 3.35. The maximum absolute atomic E-state index is 14.9. The molecule has 9 heteroatoms. The fraction of sp³-hybridized carbons (Fsp3) is 0.318. The molecule has 0 saturated carbocycles. The predicted molar refractivity (Wildman–Crippen MR) is 119 cm³/mol. The number of nitrogens with one attached hydrogen (secondary N) is 1. The lowest BCUT2D eigenvalue weighted by molar-refractivity contribution is 0.0479. The molecule has 1 aromatic heterocycles. The Morgan fingerprint density at radius 1 is 1.19 bits per heavy atom. The normalized spacial score (nSPS) is 18.7. The molecule has 1 aliphatic rings. The fourth-order valence-corrected chi connectivity index (χ4v) is 6.28. The highest BCUT2D eigenvalue weighted by atomic mass is 79.9. The second-order valence-corrected chi connectivity index (χ2v) is 11.1. The Morgan fingerprint density at radius 3 is 2.52 bits per heavy atom. The molecule has 6 nitrogen and oxygen atoms in total. The molecule has 0 saturated heterocycles. The van der Waals surface area contributed by atoms with E-state index < -0.39 is 33.9 Å². The van der Waals surface area contributed by atoms with Gasteiger partial charge < -0.3 is 10.1 Å². The number of hydrogen-bond acceptors (Lipinski definition) is 4. The van der Waals surface area contributed by atoms with Crippen molar-refractivity contribution in [1.29, 1.82) is 0 Å². The molecule has 2 aromatic carbocycles. The number of fused-ring (bicyclic) bond motifs is 3. The van der Waals surface area contributed by atoms with Crippen LogP contribution in [0.15, 0.2) is 58.0 Å². The summed E-state index contributed by atoms with van der Waals surface area (Å²) in [4.78, 5) is 12.3. The lowest BCUT2D eigenvalue weighted by atomic mass is 10.0. The average Bonchev–Trinajstić information content (AvgIpc) is 3.18. The molecule has 1 aliphatic carbocycles. The van der Waals surface area contributed by atoms with Crippen molar-refractivity contribution in [2.24, 2.45) is 0 Å². The first kappa shape index (κ1) is 21.8. The number of carbonyl (C=O) groups is 1. The maximum atomic E-state index is 14.9. The van der Waals surface area contributed by atoms with Gasteiger partial charge in [0.25, 0.3) is 10.0 Å². The van der Waals surface area contributed by atoms with Gasteiger partial charge in [0, 0.05) is 11.8 Å². The zero-order chi connectivity index (χ0) is 22.6. The Morgan fingerprint density at radius 2 is 1.87 bits per heavy atom. The lowest BCUT2D eigenvalue weighted by Gasteiger charge is -2.23. The van der Waals surface area contributed by atoms with Crippen molar-refractivity contribution in [2.75, 3.05) is 0 Å². The zero-order valence-electron chi connectivity index (χ0n) is 17.2. The number of ether oxygens (including phenoxy) is 1. The van der Waals surface area contributed by atoms with Crippen molar-refractivity contribution >= 4 is 42.9 Å². The third kappa shape index (κ3) is 3.96. The maximum Gasteiger partial charge on any atom is 0.408 e. The van der Waals surface area contributed by atoms with Crippen LogP contribution in [0.3, 0.4) is 0 Å². The van der Waals surface area contributed by atoms with Crippen LogP contribution in [0.4, 0.5) is 9.18 Å². The molecule has 0 radical (unpaired) electrons. The van der Waals surface area contributed by atoms with Crippen LogP contribution in [0.25, 0.3) is 10.9 Å². The number of amides is 1. The van der Waals surface area contributed by atoms with Gasteiger partial charge in [0.1, 0.15) is 16.4 Å². The predicted octanol–water partition coefficient (Wildman–Crippen LogP) is 5.10. The van der Waals surface area contributed by atoms with Crippen molar-refractivity contribution in [1.82, 2.24) is 9.29 Å². The van der Waals surface area contributed by atoms with E-state index in [1.165, 1.54) is 16.1 Å². The quantitative estimate of drug-likeness (QED) is 0.533. The zero-order valence-corrected chi connectivity index (χ0v) is 19.6. The van der Waals surface area contributed by atoms with Crippen molar-refractivity contribution in [2.45, 2.75) is 49.9 Å². The van der Waals surface area contributed by atoms with Crippen LogP contribution in [0.2, 0.25) is 0 Å².